The third-order valence-electron chi connectivity index (χ3n) is 2.68. The fraction of sp³-hybridized carbons (Fsp3) is 0.0625. The van der Waals surface area contributed by atoms with E-state index in [0.717, 1.165) is 12.1 Å². The molecule has 0 saturated carbocycles. The standard InChI is InChI=1S/C16H12F2O3/c1-10-6-13(3-4-15(10)18)21-14-8-11(2-5-16(19)20)7-12(17)9-14/h2-9H,1H3,(H,19,20)/b5-2+. The lowest BCUT2D eigenvalue weighted by atomic mass is 10.2. The Morgan fingerprint density at radius 1 is 1.14 bits per heavy atom. The quantitative estimate of drug-likeness (QED) is 0.860. The Labute approximate surface area is 120 Å². The number of carboxylic acids is 1. The fourth-order valence-electron chi connectivity index (χ4n) is 1.72. The summed E-state index contributed by atoms with van der Waals surface area (Å²) in [5.41, 5.74) is 0.765. The molecule has 0 aliphatic rings. The Morgan fingerprint density at radius 3 is 2.57 bits per heavy atom. The topological polar surface area (TPSA) is 46.5 Å². The van der Waals surface area contributed by atoms with Gasteiger partial charge in [0.15, 0.2) is 0 Å². The molecule has 0 radical (unpaired) electrons. The van der Waals surface area contributed by atoms with Crippen LogP contribution in [0.25, 0.3) is 6.08 Å². The van der Waals surface area contributed by atoms with Crippen molar-refractivity contribution >= 4 is 12.0 Å². The Hall–Kier alpha value is -2.69. The molecule has 2 rings (SSSR count). The summed E-state index contributed by atoms with van der Waals surface area (Å²) in [6, 6.07) is 8.02. The molecule has 0 atom stereocenters. The maximum Gasteiger partial charge on any atom is 0.328 e. The van der Waals surface area contributed by atoms with Crippen LogP contribution in [0, 0.1) is 18.6 Å². The van der Waals surface area contributed by atoms with Gasteiger partial charge in [-0.25, -0.2) is 13.6 Å². The first-order valence-electron chi connectivity index (χ1n) is 6.09. The Kier molecular flexibility index (Phi) is 4.33. The number of aryl methyl sites for hydroxylation is 1. The van der Waals surface area contributed by atoms with Gasteiger partial charge < -0.3 is 9.84 Å². The van der Waals surface area contributed by atoms with E-state index in [9.17, 15) is 13.6 Å². The molecule has 5 heteroatoms. The van der Waals surface area contributed by atoms with Crippen molar-refractivity contribution in [1.29, 1.82) is 0 Å². The summed E-state index contributed by atoms with van der Waals surface area (Å²) in [6.07, 6.45) is 2.16. The molecule has 21 heavy (non-hydrogen) atoms. The largest absolute Gasteiger partial charge is 0.478 e. The van der Waals surface area contributed by atoms with Gasteiger partial charge in [-0.15, -0.1) is 0 Å². The molecule has 0 fully saturated rings. The Balaban J connectivity index is 2.27. The molecule has 0 heterocycles. The predicted molar refractivity (Wildman–Crippen MR) is 74.3 cm³/mol. The highest BCUT2D eigenvalue weighted by atomic mass is 19.1. The second-order valence-corrected chi connectivity index (χ2v) is 4.40. The summed E-state index contributed by atoms with van der Waals surface area (Å²) in [6.45, 7) is 1.59. The van der Waals surface area contributed by atoms with Gasteiger partial charge in [-0.2, -0.15) is 0 Å². The van der Waals surface area contributed by atoms with Gasteiger partial charge in [0.25, 0.3) is 0 Å². The number of carbonyl (C=O) groups is 1. The zero-order chi connectivity index (χ0) is 15.4. The van der Waals surface area contributed by atoms with E-state index in [2.05, 4.69) is 0 Å². The normalized spacial score (nSPS) is 10.8. The van der Waals surface area contributed by atoms with E-state index in [1.807, 2.05) is 0 Å². The summed E-state index contributed by atoms with van der Waals surface area (Å²) >= 11 is 0. The highest BCUT2D eigenvalue weighted by molar-refractivity contribution is 5.85. The van der Waals surface area contributed by atoms with Gasteiger partial charge in [-0.05, 0) is 54.5 Å². The predicted octanol–water partition coefficient (Wildman–Crippen LogP) is 4.16. The Morgan fingerprint density at radius 2 is 1.90 bits per heavy atom. The van der Waals surface area contributed by atoms with E-state index in [-0.39, 0.29) is 11.6 Å². The van der Waals surface area contributed by atoms with Crippen LogP contribution in [0.5, 0.6) is 11.5 Å². The lowest BCUT2D eigenvalue weighted by Gasteiger charge is -2.08. The van der Waals surface area contributed by atoms with Crippen LogP contribution in [0.15, 0.2) is 42.5 Å². The first-order valence-corrected chi connectivity index (χ1v) is 6.09. The summed E-state index contributed by atoms with van der Waals surface area (Å²) in [4.78, 5) is 10.5. The van der Waals surface area contributed by atoms with E-state index in [4.69, 9.17) is 9.84 Å². The number of aliphatic carboxylic acids is 1. The zero-order valence-corrected chi connectivity index (χ0v) is 11.1. The second-order valence-electron chi connectivity index (χ2n) is 4.40. The van der Waals surface area contributed by atoms with Crippen LogP contribution >= 0.6 is 0 Å². The number of rotatable bonds is 4. The van der Waals surface area contributed by atoms with Crippen LogP contribution in [0.3, 0.4) is 0 Å². The highest BCUT2D eigenvalue weighted by Crippen LogP contribution is 2.25. The molecular formula is C16H12F2O3. The van der Waals surface area contributed by atoms with E-state index in [1.165, 1.54) is 36.4 Å². The van der Waals surface area contributed by atoms with Gasteiger partial charge >= 0.3 is 5.97 Å². The van der Waals surface area contributed by atoms with Gasteiger partial charge in [0, 0.05) is 12.1 Å². The van der Waals surface area contributed by atoms with Gasteiger partial charge in [0.2, 0.25) is 0 Å². The smallest absolute Gasteiger partial charge is 0.328 e. The minimum atomic E-state index is -1.13. The molecule has 0 saturated heterocycles. The minimum absolute atomic E-state index is 0.200. The zero-order valence-electron chi connectivity index (χ0n) is 11.1. The van der Waals surface area contributed by atoms with Crippen molar-refractivity contribution in [1.82, 2.24) is 0 Å². The van der Waals surface area contributed by atoms with E-state index in [1.54, 1.807) is 6.92 Å². The van der Waals surface area contributed by atoms with Crippen LogP contribution in [0.4, 0.5) is 8.78 Å². The van der Waals surface area contributed by atoms with Crippen molar-refractivity contribution in [2.24, 2.45) is 0 Å². The van der Waals surface area contributed by atoms with Crippen molar-refractivity contribution < 1.29 is 23.4 Å². The fourth-order valence-corrected chi connectivity index (χ4v) is 1.72. The van der Waals surface area contributed by atoms with E-state index >= 15 is 0 Å². The lowest BCUT2D eigenvalue weighted by Crippen LogP contribution is -1.90. The van der Waals surface area contributed by atoms with Crippen LogP contribution in [-0.4, -0.2) is 11.1 Å². The third-order valence-corrected chi connectivity index (χ3v) is 2.68. The molecule has 0 unspecified atom stereocenters. The first-order chi connectivity index (χ1) is 9.94. The van der Waals surface area contributed by atoms with Crippen molar-refractivity contribution in [3.05, 3.63) is 65.2 Å². The number of halogens is 2. The molecule has 0 aliphatic heterocycles. The van der Waals surface area contributed by atoms with Crippen molar-refractivity contribution in [3.63, 3.8) is 0 Å². The van der Waals surface area contributed by atoms with Gasteiger partial charge in [-0.3, -0.25) is 0 Å². The summed E-state index contributed by atoms with van der Waals surface area (Å²) < 4.78 is 32.1. The maximum atomic E-state index is 13.5. The number of ether oxygens (including phenoxy) is 1. The third kappa shape index (κ3) is 4.14. The monoisotopic (exact) mass is 290 g/mol. The minimum Gasteiger partial charge on any atom is -0.478 e. The second kappa shape index (κ2) is 6.17. The molecule has 2 aromatic rings. The highest BCUT2D eigenvalue weighted by Gasteiger charge is 2.04. The number of carboxylic acid groups (broad SMARTS) is 1. The van der Waals surface area contributed by atoms with Crippen LogP contribution < -0.4 is 4.74 Å². The van der Waals surface area contributed by atoms with Crippen molar-refractivity contribution in [2.45, 2.75) is 6.92 Å². The van der Waals surface area contributed by atoms with Crippen molar-refractivity contribution in [2.75, 3.05) is 0 Å². The molecule has 1 N–H and O–H groups in total. The molecule has 3 nitrogen and oxygen atoms in total. The number of hydrogen-bond donors (Lipinski definition) is 1. The van der Waals surface area contributed by atoms with Crippen LogP contribution in [0.1, 0.15) is 11.1 Å². The first kappa shape index (κ1) is 14.7. The summed E-state index contributed by atoms with van der Waals surface area (Å²) in [5, 5.41) is 8.56. The Bertz CT molecular complexity index is 709. The van der Waals surface area contributed by atoms with Gasteiger partial charge in [0.1, 0.15) is 23.1 Å². The molecule has 0 aromatic heterocycles. The molecule has 0 bridgehead atoms. The molecule has 0 spiro atoms. The van der Waals surface area contributed by atoms with E-state index in [0.29, 0.717) is 16.9 Å². The van der Waals surface area contributed by atoms with Gasteiger partial charge in [0.05, 0.1) is 0 Å². The van der Waals surface area contributed by atoms with E-state index < -0.39 is 11.8 Å². The lowest BCUT2D eigenvalue weighted by molar-refractivity contribution is -0.131. The average molecular weight is 290 g/mol. The van der Waals surface area contributed by atoms with Crippen molar-refractivity contribution in [3.8, 4) is 11.5 Å². The van der Waals surface area contributed by atoms with Gasteiger partial charge in [-0.1, -0.05) is 0 Å². The summed E-state index contributed by atoms with van der Waals surface area (Å²) in [5.74, 6) is -1.47. The molecule has 2 aromatic carbocycles. The van der Waals surface area contributed by atoms with Crippen LogP contribution in [0.2, 0.25) is 0 Å². The number of hydrogen-bond acceptors (Lipinski definition) is 2. The van der Waals surface area contributed by atoms with Crippen LogP contribution in [-0.2, 0) is 4.79 Å². The maximum absolute atomic E-state index is 13.5. The molecule has 108 valence electrons. The molecule has 0 amide bonds. The summed E-state index contributed by atoms with van der Waals surface area (Å²) in [7, 11) is 0. The SMILES string of the molecule is Cc1cc(Oc2cc(F)cc(/C=C/C(=O)O)c2)ccc1F. The number of benzene rings is 2. The molecule has 0 aliphatic carbocycles. The average Bonchev–Trinajstić information content (AvgIpc) is 2.40. The molecular weight excluding hydrogens is 278 g/mol.